The highest BCUT2D eigenvalue weighted by atomic mass is 32.2. The van der Waals surface area contributed by atoms with Gasteiger partial charge in [-0.15, -0.1) is 4.40 Å². The van der Waals surface area contributed by atoms with Gasteiger partial charge in [-0.25, -0.2) is 0 Å². The monoisotopic (exact) mass is 478 g/mol. The molecule has 0 spiro atoms. The Balaban J connectivity index is 2.22. The Morgan fingerprint density at radius 2 is 1.56 bits per heavy atom. The number of aryl methyl sites for hydroxylation is 1. The van der Waals surface area contributed by atoms with Crippen LogP contribution in [0.3, 0.4) is 0 Å². The van der Waals surface area contributed by atoms with Gasteiger partial charge in [0.1, 0.15) is 6.61 Å². The van der Waals surface area contributed by atoms with E-state index in [1.165, 1.54) is 18.2 Å². The van der Waals surface area contributed by atoms with Crippen molar-refractivity contribution < 1.29 is 18.1 Å². The van der Waals surface area contributed by atoms with Gasteiger partial charge in [-0.1, -0.05) is 91.0 Å². The van der Waals surface area contributed by atoms with Gasteiger partial charge in [0.05, 0.1) is 16.7 Å². The van der Waals surface area contributed by atoms with E-state index in [1.807, 2.05) is 19.1 Å². The summed E-state index contributed by atoms with van der Waals surface area (Å²) in [7, 11) is -4.15. The molecule has 0 aliphatic heterocycles. The van der Waals surface area contributed by atoms with Gasteiger partial charge >= 0.3 is 0 Å². The van der Waals surface area contributed by atoms with Gasteiger partial charge in [0.25, 0.3) is 10.0 Å². The third-order valence-electron chi connectivity index (χ3n) is 5.28. The molecule has 3 aromatic rings. The molecule has 2 atom stereocenters. The number of hydrogen-bond acceptors (Lipinski definition) is 5. The molecule has 7 nitrogen and oxygen atoms in total. The standard InChI is InChI=1S/C26H26N2O5S/c1-3-18-33-26(27-34(31,32)23-16-14-20(2)15-17-23)25(22-12-8-5-9-13-22)24(19-28(29)30)21-10-6-4-7-11-21/h3-17,24-25H,1,18-19H2,2H3/b27-26-/t24-,25-/m1/s1. The molecule has 0 amide bonds. The first-order valence-electron chi connectivity index (χ1n) is 10.7. The number of rotatable bonds is 10. The molecule has 0 bridgehead atoms. The third kappa shape index (κ3) is 6.39. The number of nitro groups is 1. The predicted octanol–water partition coefficient (Wildman–Crippen LogP) is 5.13. The molecule has 3 aromatic carbocycles. The molecular formula is C26H26N2O5S. The van der Waals surface area contributed by atoms with Gasteiger partial charge in [-0.3, -0.25) is 10.1 Å². The van der Waals surface area contributed by atoms with Crippen molar-refractivity contribution in [2.45, 2.75) is 23.7 Å². The highest BCUT2D eigenvalue weighted by Gasteiger charge is 2.35. The van der Waals surface area contributed by atoms with Gasteiger partial charge in [-0.05, 0) is 30.2 Å². The van der Waals surface area contributed by atoms with Crippen LogP contribution in [0.1, 0.15) is 28.5 Å². The van der Waals surface area contributed by atoms with Crippen molar-refractivity contribution in [3.63, 3.8) is 0 Å². The zero-order chi connectivity index (χ0) is 24.6. The van der Waals surface area contributed by atoms with E-state index in [9.17, 15) is 18.5 Å². The average molecular weight is 479 g/mol. The van der Waals surface area contributed by atoms with Crippen LogP contribution in [0, 0.1) is 17.0 Å². The lowest BCUT2D eigenvalue weighted by molar-refractivity contribution is -0.483. The molecule has 34 heavy (non-hydrogen) atoms. The molecule has 0 aliphatic carbocycles. The minimum Gasteiger partial charge on any atom is -0.476 e. The van der Waals surface area contributed by atoms with E-state index in [4.69, 9.17) is 4.74 Å². The van der Waals surface area contributed by atoms with Crippen molar-refractivity contribution in [3.8, 4) is 0 Å². The maximum absolute atomic E-state index is 13.2. The molecule has 8 heteroatoms. The molecule has 0 aliphatic rings. The molecule has 0 radical (unpaired) electrons. The predicted molar refractivity (Wildman–Crippen MR) is 132 cm³/mol. The summed E-state index contributed by atoms with van der Waals surface area (Å²) < 4.78 is 36.3. The van der Waals surface area contributed by atoms with E-state index >= 15 is 0 Å². The summed E-state index contributed by atoms with van der Waals surface area (Å²) in [4.78, 5) is 11.3. The molecule has 0 N–H and O–H groups in total. The van der Waals surface area contributed by atoms with Crippen LogP contribution in [0.2, 0.25) is 0 Å². The third-order valence-corrected chi connectivity index (χ3v) is 6.57. The van der Waals surface area contributed by atoms with Crippen LogP contribution in [-0.2, 0) is 14.8 Å². The highest BCUT2D eigenvalue weighted by Crippen LogP contribution is 2.36. The smallest absolute Gasteiger partial charge is 0.285 e. The van der Waals surface area contributed by atoms with E-state index in [0.29, 0.717) is 11.1 Å². The second-order valence-electron chi connectivity index (χ2n) is 7.74. The first-order valence-corrected chi connectivity index (χ1v) is 12.1. The highest BCUT2D eigenvalue weighted by molar-refractivity contribution is 7.90. The number of ether oxygens (including phenoxy) is 1. The summed E-state index contributed by atoms with van der Waals surface area (Å²) in [6, 6.07) is 24.2. The number of sulfonamides is 1. The molecule has 0 saturated carbocycles. The molecule has 3 rings (SSSR count). The molecule has 0 fully saturated rings. The van der Waals surface area contributed by atoms with Crippen LogP contribution in [-0.4, -0.2) is 32.4 Å². The molecule has 176 valence electrons. The van der Waals surface area contributed by atoms with Crippen LogP contribution in [0.25, 0.3) is 0 Å². The molecule has 0 aromatic heterocycles. The first kappa shape index (κ1) is 24.9. The fourth-order valence-electron chi connectivity index (χ4n) is 3.67. The van der Waals surface area contributed by atoms with Crippen LogP contribution in [0.5, 0.6) is 0 Å². The van der Waals surface area contributed by atoms with Crippen LogP contribution >= 0.6 is 0 Å². The van der Waals surface area contributed by atoms with Crippen LogP contribution in [0.4, 0.5) is 0 Å². The van der Waals surface area contributed by atoms with E-state index in [1.54, 1.807) is 60.7 Å². The summed E-state index contributed by atoms with van der Waals surface area (Å²) in [5, 5.41) is 11.7. The Hall–Kier alpha value is -3.78. The van der Waals surface area contributed by atoms with E-state index in [0.717, 1.165) is 5.56 Å². The fourth-order valence-corrected chi connectivity index (χ4v) is 4.66. The lowest BCUT2D eigenvalue weighted by atomic mass is 9.81. The Morgan fingerprint density at radius 3 is 2.09 bits per heavy atom. The average Bonchev–Trinajstić information content (AvgIpc) is 2.83. The van der Waals surface area contributed by atoms with Gasteiger partial charge in [0.15, 0.2) is 0 Å². The lowest BCUT2D eigenvalue weighted by Gasteiger charge is -2.26. The minimum atomic E-state index is -4.15. The van der Waals surface area contributed by atoms with Gasteiger partial charge < -0.3 is 4.74 Å². The van der Waals surface area contributed by atoms with Crippen molar-refractivity contribution in [2.24, 2.45) is 4.40 Å². The second-order valence-corrected chi connectivity index (χ2v) is 9.34. The number of benzene rings is 3. The van der Waals surface area contributed by atoms with Crippen molar-refractivity contribution in [3.05, 3.63) is 124 Å². The Kier molecular flexibility index (Phi) is 8.32. The Bertz CT molecular complexity index is 1240. The minimum absolute atomic E-state index is 0.00837. The van der Waals surface area contributed by atoms with E-state index < -0.39 is 33.3 Å². The normalized spacial score (nSPS) is 13.6. The SMILES string of the molecule is C=CCO/C(=N\S(=O)(=O)c1ccc(C)cc1)[C@H](c1ccccc1)[C@H](C[N+](=O)[O-])c1ccccc1. The van der Waals surface area contributed by atoms with Crippen molar-refractivity contribution in [1.82, 2.24) is 0 Å². The van der Waals surface area contributed by atoms with Crippen LogP contribution < -0.4 is 0 Å². The number of nitrogens with zero attached hydrogens (tertiary/aromatic N) is 2. The molecule has 0 heterocycles. The quantitative estimate of drug-likeness (QED) is 0.132. The zero-order valence-corrected chi connectivity index (χ0v) is 19.6. The summed E-state index contributed by atoms with van der Waals surface area (Å²) >= 11 is 0. The summed E-state index contributed by atoms with van der Waals surface area (Å²) in [6.45, 7) is 5.05. The maximum Gasteiger partial charge on any atom is 0.285 e. The van der Waals surface area contributed by atoms with Gasteiger partial charge in [-0.2, -0.15) is 8.42 Å². The Morgan fingerprint density at radius 1 is 1.00 bits per heavy atom. The summed E-state index contributed by atoms with van der Waals surface area (Å²) in [5.41, 5.74) is 2.24. The van der Waals surface area contributed by atoms with Gasteiger partial charge in [0, 0.05) is 4.92 Å². The zero-order valence-electron chi connectivity index (χ0n) is 18.8. The topological polar surface area (TPSA) is 98.9 Å². The molecule has 0 unspecified atom stereocenters. The van der Waals surface area contributed by atoms with Crippen molar-refractivity contribution in [1.29, 1.82) is 0 Å². The number of hydrogen-bond donors (Lipinski definition) is 0. The summed E-state index contributed by atoms with van der Waals surface area (Å²) in [5.74, 6) is -1.67. The summed E-state index contributed by atoms with van der Waals surface area (Å²) in [6.07, 6.45) is 1.47. The van der Waals surface area contributed by atoms with Crippen molar-refractivity contribution in [2.75, 3.05) is 13.2 Å². The van der Waals surface area contributed by atoms with Crippen LogP contribution in [0.15, 0.2) is 107 Å². The fraction of sp³-hybridized carbons (Fsp3) is 0.192. The van der Waals surface area contributed by atoms with Crippen molar-refractivity contribution >= 4 is 15.9 Å². The maximum atomic E-state index is 13.2. The first-order chi connectivity index (χ1) is 16.3. The second kappa shape index (κ2) is 11.4. The van der Waals surface area contributed by atoms with E-state index in [2.05, 4.69) is 11.0 Å². The Labute approximate surface area is 199 Å². The molecular weight excluding hydrogens is 452 g/mol. The molecule has 0 saturated heterocycles. The van der Waals surface area contributed by atoms with E-state index in [-0.39, 0.29) is 17.4 Å². The lowest BCUT2D eigenvalue weighted by Crippen LogP contribution is -2.28. The largest absolute Gasteiger partial charge is 0.476 e. The van der Waals surface area contributed by atoms with Gasteiger partial charge in [0.2, 0.25) is 12.4 Å².